The van der Waals surface area contributed by atoms with Gasteiger partial charge in [0, 0.05) is 5.56 Å². The number of carboxylic acid groups (broad SMARTS) is 1. The predicted octanol–water partition coefficient (Wildman–Crippen LogP) is 4.19. The molecule has 2 aromatic carbocycles. The van der Waals surface area contributed by atoms with Gasteiger partial charge in [-0.3, -0.25) is 0 Å². The van der Waals surface area contributed by atoms with Gasteiger partial charge in [0.05, 0.1) is 11.9 Å². The number of benzene rings is 2. The molecule has 25 heavy (non-hydrogen) atoms. The highest BCUT2D eigenvalue weighted by atomic mass is 19.3. The Morgan fingerprint density at radius 2 is 1.88 bits per heavy atom. The lowest BCUT2D eigenvalue weighted by Crippen LogP contribution is -2.04. The van der Waals surface area contributed by atoms with Crippen LogP contribution in [0, 0.1) is 0 Å². The van der Waals surface area contributed by atoms with Crippen LogP contribution in [0.15, 0.2) is 54.7 Å². The van der Waals surface area contributed by atoms with E-state index in [1.807, 2.05) is 30.3 Å². The minimum Gasteiger partial charge on any atom is -0.477 e. The summed E-state index contributed by atoms with van der Waals surface area (Å²) in [4.78, 5) is 15.6. The van der Waals surface area contributed by atoms with Crippen LogP contribution in [0.1, 0.15) is 22.5 Å². The highest BCUT2D eigenvalue weighted by molar-refractivity contribution is 5.97. The Hall–Kier alpha value is -3.35. The molecule has 0 saturated heterocycles. The van der Waals surface area contributed by atoms with Crippen LogP contribution in [0.25, 0.3) is 27.7 Å². The van der Waals surface area contributed by atoms with Crippen LogP contribution < -0.4 is 0 Å². The van der Waals surface area contributed by atoms with Crippen LogP contribution in [-0.4, -0.2) is 25.7 Å². The van der Waals surface area contributed by atoms with Crippen molar-refractivity contribution >= 4 is 22.4 Å². The standard InChI is InChI=1S/C18H11F2N3O2/c19-16(20)15-8-14(22-17-13(18(24)25)9-21-23(15)17)12-7-3-5-10-4-1-2-6-11(10)12/h1-9,16H,(H,24,25). The van der Waals surface area contributed by atoms with Gasteiger partial charge in [-0.15, -0.1) is 0 Å². The molecule has 0 aliphatic carbocycles. The molecule has 0 spiro atoms. The molecule has 2 aromatic heterocycles. The third-order valence-corrected chi connectivity index (χ3v) is 4.02. The number of rotatable bonds is 3. The van der Waals surface area contributed by atoms with Crippen molar-refractivity contribution in [3.8, 4) is 11.3 Å². The van der Waals surface area contributed by atoms with E-state index in [2.05, 4.69) is 10.1 Å². The Kier molecular flexibility index (Phi) is 3.42. The zero-order valence-corrected chi connectivity index (χ0v) is 12.7. The summed E-state index contributed by atoms with van der Waals surface area (Å²) in [6.45, 7) is 0. The van der Waals surface area contributed by atoms with E-state index in [4.69, 9.17) is 0 Å². The van der Waals surface area contributed by atoms with Gasteiger partial charge in [0.15, 0.2) is 5.65 Å². The van der Waals surface area contributed by atoms with Crippen molar-refractivity contribution in [3.63, 3.8) is 0 Å². The largest absolute Gasteiger partial charge is 0.477 e. The fraction of sp³-hybridized carbons (Fsp3) is 0.0556. The molecule has 2 heterocycles. The number of carbonyl (C=O) groups is 1. The number of aromatic nitrogens is 3. The van der Waals surface area contributed by atoms with Crippen LogP contribution >= 0.6 is 0 Å². The van der Waals surface area contributed by atoms with Crippen LogP contribution in [0.5, 0.6) is 0 Å². The lowest BCUT2D eigenvalue weighted by atomic mass is 10.0. The first-order chi connectivity index (χ1) is 12.1. The first kappa shape index (κ1) is 15.2. The number of aromatic carboxylic acids is 1. The maximum Gasteiger partial charge on any atom is 0.341 e. The molecule has 124 valence electrons. The first-order valence-electron chi connectivity index (χ1n) is 7.44. The Balaban J connectivity index is 2.07. The maximum atomic E-state index is 13.5. The molecule has 1 N–H and O–H groups in total. The molecular formula is C18H11F2N3O2. The van der Waals surface area contributed by atoms with Crippen molar-refractivity contribution in [1.29, 1.82) is 0 Å². The lowest BCUT2D eigenvalue weighted by Gasteiger charge is -2.10. The van der Waals surface area contributed by atoms with Crippen LogP contribution in [0.4, 0.5) is 8.78 Å². The third kappa shape index (κ3) is 2.40. The molecule has 4 aromatic rings. The average molecular weight is 339 g/mol. The summed E-state index contributed by atoms with van der Waals surface area (Å²) in [6, 6.07) is 14.2. The highest BCUT2D eigenvalue weighted by Gasteiger charge is 2.21. The van der Waals surface area contributed by atoms with E-state index in [0.29, 0.717) is 5.56 Å². The fourth-order valence-electron chi connectivity index (χ4n) is 2.88. The lowest BCUT2D eigenvalue weighted by molar-refractivity contribution is 0.0698. The molecule has 0 aliphatic heterocycles. The van der Waals surface area contributed by atoms with Gasteiger partial charge in [-0.1, -0.05) is 42.5 Å². The number of halogens is 2. The smallest absolute Gasteiger partial charge is 0.341 e. The van der Waals surface area contributed by atoms with Crippen LogP contribution in [0.3, 0.4) is 0 Å². The summed E-state index contributed by atoms with van der Waals surface area (Å²) in [7, 11) is 0. The van der Waals surface area contributed by atoms with E-state index in [0.717, 1.165) is 21.5 Å². The molecule has 0 atom stereocenters. The van der Waals surface area contributed by atoms with E-state index in [-0.39, 0.29) is 16.9 Å². The molecule has 0 fully saturated rings. The van der Waals surface area contributed by atoms with Gasteiger partial charge in [-0.05, 0) is 16.8 Å². The summed E-state index contributed by atoms with van der Waals surface area (Å²) in [6.07, 6.45) is -1.79. The van der Waals surface area contributed by atoms with Gasteiger partial charge in [0.25, 0.3) is 6.43 Å². The Bertz CT molecular complexity index is 1120. The minimum atomic E-state index is -2.82. The number of alkyl halides is 2. The van der Waals surface area contributed by atoms with Gasteiger partial charge in [0.2, 0.25) is 0 Å². The molecule has 5 nitrogen and oxygen atoms in total. The van der Waals surface area contributed by atoms with Gasteiger partial charge in [0.1, 0.15) is 11.3 Å². The van der Waals surface area contributed by atoms with Crippen molar-refractivity contribution in [3.05, 3.63) is 66.0 Å². The zero-order chi connectivity index (χ0) is 17.6. The number of nitrogens with zero attached hydrogens (tertiary/aromatic N) is 3. The Morgan fingerprint density at radius 3 is 2.64 bits per heavy atom. The van der Waals surface area contributed by atoms with Crippen molar-refractivity contribution in [2.24, 2.45) is 0 Å². The molecule has 4 rings (SSSR count). The third-order valence-electron chi connectivity index (χ3n) is 4.02. The Morgan fingerprint density at radius 1 is 1.12 bits per heavy atom. The zero-order valence-electron chi connectivity index (χ0n) is 12.7. The second-order valence-electron chi connectivity index (χ2n) is 5.49. The van der Waals surface area contributed by atoms with Gasteiger partial charge in [-0.25, -0.2) is 23.1 Å². The summed E-state index contributed by atoms with van der Waals surface area (Å²) in [5, 5.41) is 14.8. The van der Waals surface area contributed by atoms with Crippen molar-refractivity contribution in [2.75, 3.05) is 0 Å². The van der Waals surface area contributed by atoms with Gasteiger partial charge in [-0.2, -0.15) is 5.10 Å². The first-order valence-corrected chi connectivity index (χ1v) is 7.44. The molecule has 0 aliphatic rings. The van der Waals surface area contributed by atoms with Crippen molar-refractivity contribution < 1.29 is 18.7 Å². The van der Waals surface area contributed by atoms with E-state index in [1.54, 1.807) is 12.1 Å². The van der Waals surface area contributed by atoms with Gasteiger partial charge >= 0.3 is 5.97 Å². The molecule has 0 bridgehead atoms. The number of hydrogen-bond acceptors (Lipinski definition) is 3. The van der Waals surface area contributed by atoms with E-state index >= 15 is 0 Å². The van der Waals surface area contributed by atoms with E-state index in [9.17, 15) is 18.7 Å². The number of fused-ring (bicyclic) bond motifs is 2. The average Bonchev–Trinajstić information content (AvgIpc) is 3.04. The van der Waals surface area contributed by atoms with Crippen molar-refractivity contribution in [2.45, 2.75) is 6.43 Å². The summed E-state index contributed by atoms with van der Waals surface area (Å²) >= 11 is 0. The number of carboxylic acids is 1. The van der Waals surface area contributed by atoms with Crippen LogP contribution in [0.2, 0.25) is 0 Å². The monoisotopic (exact) mass is 339 g/mol. The molecule has 7 heteroatoms. The normalized spacial score (nSPS) is 11.5. The molecular weight excluding hydrogens is 328 g/mol. The summed E-state index contributed by atoms with van der Waals surface area (Å²) < 4.78 is 27.8. The van der Waals surface area contributed by atoms with E-state index < -0.39 is 18.1 Å². The second-order valence-corrected chi connectivity index (χ2v) is 5.49. The van der Waals surface area contributed by atoms with E-state index in [1.165, 1.54) is 6.07 Å². The molecule has 0 amide bonds. The number of hydrogen-bond donors (Lipinski definition) is 1. The molecule has 0 saturated carbocycles. The molecule has 0 unspecified atom stereocenters. The fourth-order valence-corrected chi connectivity index (χ4v) is 2.88. The van der Waals surface area contributed by atoms with Crippen LogP contribution in [-0.2, 0) is 0 Å². The molecule has 0 radical (unpaired) electrons. The predicted molar refractivity (Wildman–Crippen MR) is 87.8 cm³/mol. The second kappa shape index (κ2) is 5.62. The Labute approximate surface area is 140 Å². The summed E-state index contributed by atoms with van der Waals surface area (Å²) in [5.41, 5.74) is 0.209. The minimum absolute atomic E-state index is 0.103. The van der Waals surface area contributed by atoms with Crippen molar-refractivity contribution in [1.82, 2.24) is 14.6 Å². The maximum absolute atomic E-state index is 13.5. The quantitative estimate of drug-likeness (QED) is 0.608. The van der Waals surface area contributed by atoms with Gasteiger partial charge < -0.3 is 5.11 Å². The highest BCUT2D eigenvalue weighted by Crippen LogP contribution is 2.31. The topological polar surface area (TPSA) is 67.5 Å². The SMILES string of the molecule is O=C(O)c1cnn2c(C(F)F)cc(-c3cccc4ccccc34)nc12. The summed E-state index contributed by atoms with van der Waals surface area (Å²) in [5.74, 6) is -1.27.